The summed E-state index contributed by atoms with van der Waals surface area (Å²) in [6.07, 6.45) is 0. The van der Waals surface area contributed by atoms with E-state index < -0.39 is 5.97 Å². The first kappa shape index (κ1) is 14.0. The molecular formula is C14H12BrNO2S. The molecule has 0 spiro atoms. The molecule has 2 aromatic rings. The topological polar surface area (TPSA) is 63.3 Å². The van der Waals surface area contributed by atoms with Crippen molar-refractivity contribution in [2.24, 2.45) is 0 Å². The number of thioether (sulfide) groups is 1. The maximum atomic E-state index is 11.1. The van der Waals surface area contributed by atoms with Crippen molar-refractivity contribution in [1.82, 2.24) is 0 Å². The molecule has 0 unspecified atom stereocenters. The molecule has 0 aromatic heterocycles. The van der Waals surface area contributed by atoms with Crippen LogP contribution in [-0.2, 0) is 5.75 Å². The molecule has 5 heteroatoms. The fourth-order valence-electron chi connectivity index (χ4n) is 1.64. The molecular weight excluding hydrogens is 326 g/mol. The number of benzene rings is 2. The average molecular weight is 338 g/mol. The smallest absolute Gasteiger partial charge is 0.335 e. The molecule has 0 amide bonds. The highest BCUT2D eigenvalue weighted by molar-refractivity contribution is 9.10. The number of carbonyl (C=O) groups is 1. The number of aromatic carboxylic acids is 1. The van der Waals surface area contributed by atoms with Gasteiger partial charge in [-0.3, -0.25) is 0 Å². The fraction of sp³-hybridized carbons (Fsp3) is 0.0714. The van der Waals surface area contributed by atoms with E-state index >= 15 is 0 Å². The van der Waals surface area contributed by atoms with Crippen LogP contribution in [0, 0.1) is 0 Å². The zero-order chi connectivity index (χ0) is 13.8. The van der Waals surface area contributed by atoms with E-state index in [1.54, 1.807) is 23.9 Å². The number of nitrogens with two attached hydrogens (primary N) is 1. The summed E-state index contributed by atoms with van der Waals surface area (Å²) in [5.41, 5.74) is 7.54. The molecule has 0 aliphatic heterocycles. The highest BCUT2D eigenvalue weighted by Gasteiger charge is 2.10. The van der Waals surface area contributed by atoms with Crippen LogP contribution in [0.4, 0.5) is 5.69 Å². The lowest BCUT2D eigenvalue weighted by Gasteiger charge is -2.07. The van der Waals surface area contributed by atoms with Crippen molar-refractivity contribution in [3.05, 3.63) is 58.1 Å². The Labute approximate surface area is 124 Å². The van der Waals surface area contributed by atoms with Gasteiger partial charge in [-0.15, -0.1) is 11.8 Å². The van der Waals surface area contributed by atoms with Gasteiger partial charge in [0.15, 0.2) is 0 Å². The van der Waals surface area contributed by atoms with E-state index in [0.717, 1.165) is 14.9 Å². The number of anilines is 1. The Bertz CT molecular complexity index is 616. The molecule has 0 heterocycles. The molecule has 0 radical (unpaired) electrons. The maximum Gasteiger partial charge on any atom is 0.335 e. The third-order valence-corrected chi connectivity index (χ3v) is 4.63. The van der Waals surface area contributed by atoms with Crippen LogP contribution in [0.15, 0.2) is 51.8 Å². The van der Waals surface area contributed by atoms with Crippen molar-refractivity contribution < 1.29 is 9.90 Å². The monoisotopic (exact) mass is 337 g/mol. The molecule has 3 nitrogen and oxygen atoms in total. The number of rotatable bonds is 4. The summed E-state index contributed by atoms with van der Waals surface area (Å²) in [7, 11) is 0. The lowest BCUT2D eigenvalue weighted by atomic mass is 10.1. The molecule has 0 aliphatic rings. The molecule has 98 valence electrons. The lowest BCUT2D eigenvalue weighted by molar-refractivity contribution is 0.0696. The summed E-state index contributed by atoms with van der Waals surface area (Å²) in [6, 6.07) is 12.6. The van der Waals surface area contributed by atoms with Gasteiger partial charge in [0.25, 0.3) is 0 Å². The van der Waals surface area contributed by atoms with Crippen molar-refractivity contribution in [3.63, 3.8) is 0 Å². The number of halogens is 1. The predicted molar refractivity (Wildman–Crippen MR) is 81.5 cm³/mol. The average Bonchev–Trinajstić information content (AvgIpc) is 2.38. The van der Waals surface area contributed by atoms with Gasteiger partial charge in [-0.2, -0.15) is 0 Å². The van der Waals surface area contributed by atoms with Gasteiger partial charge >= 0.3 is 5.97 Å². The summed E-state index contributed by atoms with van der Waals surface area (Å²) in [5, 5.41) is 9.12. The van der Waals surface area contributed by atoms with Gasteiger partial charge in [0, 0.05) is 20.8 Å². The molecule has 0 atom stereocenters. The number of hydrogen-bond acceptors (Lipinski definition) is 3. The molecule has 3 N–H and O–H groups in total. The standard InChI is InChI=1S/C14H12BrNO2S/c15-12-7-10(16)5-6-13(12)19-8-9-3-1-2-4-11(9)14(17)18/h1-7H,8,16H2,(H,17,18). The van der Waals surface area contributed by atoms with Crippen LogP contribution in [0.3, 0.4) is 0 Å². The molecule has 0 aliphatic carbocycles. The molecule has 0 fully saturated rings. The molecule has 2 aromatic carbocycles. The van der Waals surface area contributed by atoms with Crippen LogP contribution in [0.25, 0.3) is 0 Å². The Morgan fingerprint density at radius 3 is 2.68 bits per heavy atom. The second-order valence-corrected chi connectivity index (χ2v) is 5.81. The van der Waals surface area contributed by atoms with Gasteiger partial charge in [0.05, 0.1) is 5.56 Å². The van der Waals surface area contributed by atoms with E-state index in [1.165, 1.54) is 0 Å². The largest absolute Gasteiger partial charge is 0.478 e. The van der Waals surface area contributed by atoms with Gasteiger partial charge in [-0.1, -0.05) is 18.2 Å². The van der Waals surface area contributed by atoms with E-state index in [1.807, 2.05) is 30.3 Å². The summed E-state index contributed by atoms with van der Waals surface area (Å²) in [5.74, 6) is -0.294. The number of carboxylic acid groups (broad SMARTS) is 1. The summed E-state index contributed by atoms with van der Waals surface area (Å²) in [4.78, 5) is 12.1. The SMILES string of the molecule is Nc1ccc(SCc2ccccc2C(=O)O)c(Br)c1. The Morgan fingerprint density at radius 1 is 1.26 bits per heavy atom. The first-order valence-corrected chi connectivity index (χ1v) is 7.35. The van der Waals surface area contributed by atoms with Gasteiger partial charge in [-0.05, 0) is 45.8 Å². The van der Waals surface area contributed by atoms with Gasteiger partial charge < -0.3 is 10.8 Å². The van der Waals surface area contributed by atoms with Crippen molar-refractivity contribution in [3.8, 4) is 0 Å². The molecule has 0 saturated heterocycles. The second kappa shape index (κ2) is 6.12. The van der Waals surface area contributed by atoms with E-state index in [2.05, 4.69) is 15.9 Å². The Morgan fingerprint density at radius 2 is 2.00 bits per heavy atom. The zero-order valence-electron chi connectivity index (χ0n) is 9.97. The van der Waals surface area contributed by atoms with Crippen molar-refractivity contribution in [2.45, 2.75) is 10.6 Å². The fourth-order valence-corrected chi connectivity index (χ4v) is 3.31. The second-order valence-electron chi connectivity index (χ2n) is 3.94. The van der Waals surface area contributed by atoms with Crippen molar-refractivity contribution in [2.75, 3.05) is 5.73 Å². The highest BCUT2D eigenvalue weighted by atomic mass is 79.9. The van der Waals surface area contributed by atoms with Crippen LogP contribution in [0.2, 0.25) is 0 Å². The van der Waals surface area contributed by atoms with Crippen molar-refractivity contribution >= 4 is 39.3 Å². The van der Waals surface area contributed by atoms with Gasteiger partial charge in [0.2, 0.25) is 0 Å². The molecule has 0 saturated carbocycles. The van der Waals surface area contributed by atoms with E-state index in [-0.39, 0.29) is 0 Å². The van der Waals surface area contributed by atoms with E-state index in [4.69, 9.17) is 10.8 Å². The highest BCUT2D eigenvalue weighted by Crippen LogP contribution is 2.32. The number of carboxylic acids is 1. The van der Waals surface area contributed by atoms with E-state index in [0.29, 0.717) is 17.0 Å². The number of hydrogen-bond donors (Lipinski definition) is 2. The minimum atomic E-state index is -0.896. The Hall–Kier alpha value is -1.46. The molecule has 0 bridgehead atoms. The van der Waals surface area contributed by atoms with Gasteiger partial charge in [-0.25, -0.2) is 4.79 Å². The first-order chi connectivity index (χ1) is 9.08. The van der Waals surface area contributed by atoms with Crippen LogP contribution in [0.1, 0.15) is 15.9 Å². The summed E-state index contributed by atoms with van der Waals surface area (Å²) in [6.45, 7) is 0. The predicted octanol–water partition coefficient (Wildman–Crippen LogP) is 4.02. The maximum absolute atomic E-state index is 11.1. The van der Waals surface area contributed by atoms with E-state index in [9.17, 15) is 4.79 Å². The van der Waals surface area contributed by atoms with Crippen LogP contribution in [0.5, 0.6) is 0 Å². The van der Waals surface area contributed by atoms with Crippen LogP contribution in [-0.4, -0.2) is 11.1 Å². The van der Waals surface area contributed by atoms with Crippen LogP contribution >= 0.6 is 27.7 Å². The molecule has 19 heavy (non-hydrogen) atoms. The number of nitrogen functional groups attached to an aromatic ring is 1. The van der Waals surface area contributed by atoms with Crippen LogP contribution < -0.4 is 5.73 Å². The zero-order valence-corrected chi connectivity index (χ0v) is 12.4. The Balaban J connectivity index is 2.17. The third kappa shape index (κ3) is 3.52. The minimum Gasteiger partial charge on any atom is -0.478 e. The minimum absolute atomic E-state index is 0.349. The third-order valence-electron chi connectivity index (χ3n) is 2.59. The molecule has 2 rings (SSSR count). The quantitative estimate of drug-likeness (QED) is 0.653. The Kier molecular flexibility index (Phi) is 4.50. The summed E-state index contributed by atoms with van der Waals surface area (Å²) < 4.78 is 0.922. The lowest BCUT2D eigenvalue weighted by Crippen LogP contribution is -2.00. The van der Waals surface area contributed by atoms with Gasteiger partial charge in [0.1, 0.15) is 0 Å². The summed E-state index contributed by atoms with van der Waals surface area (Å²) >= 11 is 5.03. The first-order valence-electron chi connectivity index (χ1n) is 5.57. The van der Waals surface area contributed by atoms with Crippen molar-refractivity contribution in [1.29, 1.82) is 0 Å². The normalized spacial score (nSPS) is 10.4.